The van der Waals surface area contributed by atoms with Crippen LogP contribution in [0.5, 0.6) is 0 Å². The Morgan fingerprint density at radius 3 is 2.83 bits per heavy atom. The highest BCUT2D eigenvalue weighted by atomic mass is 19.1. The fourth-order valence-corrected chi connectivity index (χ4v) is 1.44. The second kappa shape index (κ2) is 4.45. The summed E-state index contributed by atoms with van der Waals surface area (Å²) in [5.74, 6) is -0.619. The molecule has 2 aromatic rings. The molecule has 1 heterocycles. The van der Waals surface area contributed by atoms with Gasteiger partial charge in [0.15, 0.2) is 5.82 Å². The predicted molar refractivity (Wildman–Crippen MR) is 58.4 cm³/mol. The Hall–Kier alpha value is -2.42. The van der Waals surface area contributed by atoms with Gasteiger partial charge in [-0.3, -0.25) is 10.1 Å². The average molecular weight is 252 g/mol. The van der Waals surface area contributed by atoms with Crippen molar-refractivity contribution in [3.05, 3.63) is 40.0 Å². The van der Waals surface area contributed by atoms with E-state index in [2.05, 4.69) is 15.5 Å². The quantitative estimate of drug-likeness (QED) is 0.636. The molecule has 0 fully saturated rings. The lowest BCUT2D eigenvalue weighted by atomic mass is 10.2. The molecule has 0 saturated carbocycles. The summed E-state index contributed by atoms with van der Waals surface area (Å²) in [7, 11) is 0. The van der Waals surface area contributed by atoms with Crippen LogP contribution in [0.15, 0.2) is 18.2 Å². The Morgan fingerprint density at radius 1 is 1.56 bits per heavy atom. The lowest BCUT2D eigenvalue weighted by Gasteiger charge is -2.06. The van der Waals surface area contributed by atoms with Gasteiger partial charge in [0.2, 0.25) is 5.82 Å². The molecule has 0 bridgehead atoms. The van der Waals surface area contributed by atoms with Crippen molar-refractivity contribution in [2.45, 2.75) is 13.0 Å². The summed E-state index contributed by atoms with van der Waals surface area (Å²) < 4.78 is 14.7. The highest BCUT2D eigenvalue weighted by Gasteiger charge is 2.17. The third-order valence-electron chi connectivity index (χ3n) is 2.27. The second-order valence-electron chi connectivity index (χ2n) is 3.63. The summed E-state index contributed by atoms with van der Waals surface area (Å²) in [6, 6.07) is 2.94. The van der Waals surface area contributed by atoms with Crippen LogP contribution in [0.1, 0.15) is 18.8 Å². The number of nitro benzene ring substituents is 1. The molecule has 9 heteroatoms. The van der Waals surface area contributed by atoms with Crippen molar-refractivity contribution in [1.29, 1.82) is 0 Å². The van der Waals surface area contributed by atoms with Crippen molar-refractivity contribution in [1.82, 2.24) is 20.2 Å². The van der Waals surface area contributed by atoms with Gasteiger partial charge >= 0.3 is 5.69 Å². The predicted octanol–water partition coefficient (Wildman–Crippen LogP) is 0.729. The van der Waals surface area contributed by atoms with Crippen molar-refractivity contribution < 1.29 is 9.31 Å². The van der Waals surface area contributed by atoms with Crippen LogP contribution < -0.4 is 5.73 Å². The molecule has 0 aliphatic rings. The van der Waals surface area contributed by atoms with Crippen LogP contribution in [0.25, 0.3) is 5.69 Å². The zero-order valence-electron chi connectivity index (χ0n) is 9.32. The van der Waals surface area contributed by atoms with Crippen molar-refractivity contribution in [2.75, 3.05) is 0 Å². The molecule has 0 aliphatic carbocycles. The molecule has 8 nitrogen and oxygen atoms in total. The fraction of sp³-hybridized carbons (Fsp3) is 0.222. The number of aromatic nitrogens is 4. The standard InChI is InChI=1S/C9H9FN6O2/c1-5(11)9-12-13-14-15(9)6-2-3-8(16(17)18)7(10)4-6/h2-5H,11H2,1H3. The number of nitrogens with two attached hydrogens (primary N) is 1. The van der Waals surface area contributed by atoms with E-state index in [9.17, 15) is 14.5 Å². The highest BCUT2D eigenvalue weighted by molar-refractivity contribution is 5.42. The van der Waals surface area contributed by atoms with Crippen LogP contribution in [0.4, 0.5) is 10.1 Å². The van der Waals surface area contributed by atoms with E-state index in [1.54, 1.807) is 6.92 Å². The molecule has 2 rings (SSSR count). The van der Waals surface area contributed by atoms with Crippen LogP contribution in [0.2, 0.25) is 0 Å². The third kappa shape index (κ3) is 2.02. The van der Waals surface area contributed by atoms with Gasteiger partial charge in [0.25, 0.3) is 0 Å². The number of rotatable bonds is 3. The van der Waals surface area contributed by atoms with Gasteiger partial charge < -0.3 is 5.73 Å². The van der Waals surface area contributed by atoms with Gasteiger partial charge in [-0.25, -0.2) is 0 Å². The van der Waals surface area contributed by atoms with Crippen LogP contribution in [0.3, 0.4) is 0 Å². The number of nitrogens with zero attached hydrogens (tertiary/aromatic N) is 5. The Morgan fingerprint density at radius 2 is 2.28 bits per heavy atom. The molecule has 1 aromatic heterocycles. The summed E-state index contributed by atoms with van der Waals surface area (Å²) >= 11 is 0. The highest BCUT2D eigenvalue weighted by Crippen LogP contribution is 2.21. The Balaban J connectivity index is 2.49. The molecular weight excluding hydrogens is 243 g/mol. The largest absolute Gasteiger partial charge is 0.321 e. The van der Waals surface area contributed by atoms with Gasteiger partial charge in [-0.2, -0.15) is 9.07 Å². The minimum atomic E-state index is -0.955. The van der Waals surface area contributed by atoms with Gasteiger partial charge in [0.05, 0.1) is 16.7 Å². The van der Waals surface area contributed by atoms with E-state index in [1.807, 2.05) is 0 Å². The van der Waals surface area contributed by atoms with Gasteiger partial charge in [0, 0.05) is 12.1 Å². The number of hydrogen-bond donors (Lipinski definition) is 1. The smallest absolute Gasteiger partial charge is 0.304 e. The molecule has 0 radical (unpaired) electrons. The molecule has 0 saturated heterocycles. The summed E-state index contributed by atoms with van der Waals surface area (Å²) in [5.41, 5.74) is 5.32. The molecule has 18 heavy (non-hydrogen) atoms. The van der Waals surface area contributed by atoms with Gasteiger partial charge in [-0.15, -0.1) is 5.10 Å². The topological polar surface area (TPSA) is 113 Å². The van der Waals surface area contributed by atoms with Crippen LogP contribution in [-0.2, 0) is 0 Å². The SMILES string of the molecule is CC(N)c1nnnn1-c1ccc([N+](=O)[O-])c(F)c1. The molecular formula is C9H9FN6O2. The lowest BCUT2D eigenvalue weighted by molar-refractivity contribution is -0.387. The minimum absolute atomic E-state index is 0.274. The normalized spacial score (nSPS) is 12.4. The second-order valence-corrected chi connectivity index (χ2v) is 3.63. The van der Waals surface area contributed by atoms with Gasteiger partial charge in [-0.05, 0) is 23.4 Å². The maximum Gasteiger partial charge on any atom is 0.304 e. The molecule has 2 N–H and O–H groups in total. The van der Waals surface area contributed by atoms with Crippen LogP contribution in [-0.4, -0.2) is 25.1 Å². The molecule has 1 atom stereocenters. The first-order chi connectivity index (χ1) is 8.50. The Bertz CT molecular complexity index is 596. The van der Waals surface area contributed by atoms with Crippen molar-refractivity contribution in [3.63, 3.8) is 0 Å². The van der Waals surface area contributed by atoms with E-state index in [-0.39, 0.29) is 5.69 Å². The van der Waals surface area contributed by atoms with E-state index in [0.717, 1.165) is 12.1 Å². The molecule has 94 valence electrons. The first-order valence-corrected chi connectivity index (χ1v) is 4.99. The molecule has 0 spiro atoms. The number of benzene rings is 1. The number of halogens is 1. The number of tetrazole rings is 1. The zero-order chi connectivity index (χ0) is 13.3. The summed E-state index contributed by atoms with van der Waals surface area (Å²) in [4.78, 5) is 9.69. The zero-order valence-corrected chi connectivity index (χ0v) is 9.32. The third-order valence-corrected chi connectivity index (χ3v) is 2.27. The molecule has 0 amide bonds. The van der Waals surface area contributed by atoms with Crippen LogP contribution in [0, 0.1) is 15.9 Å². The Labute approximate surface area is 100 Å². The molecule has 0 aliphatic heterocycles. The van der Waals surface area contributed by atoms with E-state index in [1.165, 1.54) is 10.7 Å². The Kier molecular flexibility index (Phi) is 2.98. The van der Waals surface area contributed by atoms with Crippen molar-refractivity contribution in [3.8, 4) is 5.69 Å². The maximum absolute atomic E-state index is 13.5. The molecule has 1 unspecified atom stereocenters. The van der Waals surface area contributed by atoms with E-state index in [0.29, 0.717) is 5.82 Å². The monoisotopic (exact) mass is 252 g/mol. The molecule has 1 aromatic carbocycles. The number of nitro groups is 1. The van der Waals surface area contributed by atoms with Gasteiger partial charge in [-0.1, -0.05) is 0 Å². The van der Waals surface area contributed by atoms with Gasteiger partial charge in [0.1, 0.15) is 0 Å². The summed E-state index contributed by atoms with van der Waals surface area (Å²) in [6.45, 7) is 1.67. The van der Waals surface area contributed by atoms with E-state index in [4.69, 9.17) is 5.73 Å². The van der Waals surface area contributed by atoms with Crippen molar-refractivity contribution in [2.24, 2.45) is 5.73 Å². The van der Waals surface area contributed by atoms with E-state index < -0.39 is 22.5 Å². The fourth-order valence-electron chi connectivity index (χ4n) is 1.44. The van der Waals surface area contributed by atoms with E-state index >= 15 is 0 Å². The minimum Gasteiger partial charge on any atom is -0.321 e. The summed E-state index contributed by atoms with van der Waals surface area (Å²) in [5, 5.41) is 21.3. The summed E-state index contributed by atoms with van der Waals surface area (Å²) in [6.07, 6.45) is 0. The maximum atomic E-state index is 13.5. The lowest BCUT2D eigenvalue weighted by Crippen LogP contribution is -2.13. The first kappa shape index (κ1) is 12.0. The first-order valence-electron chi connectivity index (χ1n) is 4.99. The van der Waals surface area contributed by atoms with Crippen molar-refractivity contribution >= 4 is 5.69 Å². The van der Waals surface area contributed by atoms with Crippen LogP contribution >= 0.6 is 0 Å². The number of hydrogen-bond acceptors (Lipinski definition) is 6. The average Bonchev–Trinajstić information content (AvgIpc) is 2.77.